The molecule has 0 radical (unpaired) electrons. The highest BCUT2D eigenvalue weighted by atomic mass is 16.1. The summed E-state index contributed by atoms with van der Waals surface area (Å²) < 4.78 is 1.71. The van der Waals surface area contributed by atoms with E-state index in [1.54, 1.807) is 23.0 Å². The van der Waals surface area contributed by atoms with Gasteiger partial charge in [0.15, 0.2) is 0 Å². The molecule has 0 aliphatic carbocycles. The average molecular weight is 312 g/mol. The molecule has 1 heterocycles. The fourth-order valence-corrected chi connectivity index (χ4v) is 2.37. The van der Waals surface area contributed by atoms with E-state index in [-0.39, 0.29) is 5.91 Å². The van der Waals surface area contributed by atoms with Gasteiger partial charge in [-0.05, 0) is 37.6 Å². The monoisotopic (exact) mass is 312 g/mol. The molecule has 0 fully saturated rings. The molecule has 0 aliphatic heterocycles. The lowest BCUT2D eigenvalue weighted by Gasteiger charge is -2.23. The molecule has 2 rings (SSSR count). The van der Waals surface area contributed by atoms with Gasteiger partial charge in [0.1, 0.15) is 0 Å². The van der Waals surface area contributed by atoms with Crippen LogP contribution in [0.4, 0.5) is 5.69 Å². The maximum absolute atomic E-state index is 11.8. The maximum atomic E-state index is 11.8. The van der Waals surface area contributed by atoms with Crippen molar-refractivity contribution in [2.75, 3.05) is 24.5 Å². The number of likely N-dealkylation sites (N-methyl/N-ethyl adjacent to an activating group) is 1. The van der Waals surface area contributed by atoms with Crippen molar-refractivity contribution in [3.63, 3.8) is 0 Å². The summed E-state index contributed by atoms with van der Waals surface area (Å²) in [6.45, 7) is 6.50. The molecule has 5 nitrogen and oxygen atoms in total. The molecule has 1 N–H and O–H groups in total. The molecule has 0 unspecified atom stereocenters. The second-order valence-electron chi connectivity index (χ2n) is 5.49. The highest BCUT2D eigenvalue weighted by Crippen LogP contribution is 2.14. The first-order valence-electron chi connectivity index (χ1n) is 7.84. The summed E-state index contributed by atoms with van der Waals surface area (Å²) in [5, 5.41) is 6.97. The minimum Gasteiger partial charge on any atom is -0.370 e. The van der Waals surface area contributed by atoms with Crippen LogP contribution in [0.3, 0.4) is 0 Å². The Labute approximate surface area is 137 Å². The van der Waals surface area contributed by atoms with Gasteiger partial charge >= 0.3 is 0 Å². The van der Waals surface area contributed by atoms with Gasteiger partial charge < -0.3 is 10.2 Å². The maximum Gasteiger partial charge on any atom is 0.244 e. The summed E-state index contributed by atoms with van der Waals surface area (Å²) in [6.07, 6.45) is 6.89. The third-order valence-corrected chi connectivity index (χ3v) is 3.58. The number of carbonyl (C=O) groups excluding carboxylic acids is 1. The van der Waals surface area contributed by atoms with Crippen LogP contribution in [0, 0.1) is 6.92 Å². The molecule has 1 amide bonds. The van der Waals surface area contributed by atoms with E-state index in [4.69, 9.17) is 0 Å². The largest absolute Gasteiger partial charge is 0.370 e. The zero-order valence-electron chi connectivity index (χ0n) is 14.0. The number of amides is 1. The second kappa shape index (κ2) is 8.17. The lowest BCUT2D eigenvalue weighted by molar-refractivity contribution is -0.116. The minimum atomic E-state index is -0.0888. The number of rotatable bonds is 7. The smallest absolute Gasteiger partial charge is 0.244 e. The molecule has 2 aromatic rings. The van der Waals surface area contributed by atoms with Crippen LogP contribution >= 0.6 is 0 Å². The molecule has 0 atom stereocenters. The summed E-state index contributed by atoms with van der Waals surface area (Å²) in [5.41, 5.74) is 3.34. The van der Waals surface area contributed by atoms with E-state index >= 15 is 0 Å². The number of nitrogens with one attached hydrogen (secondary N) is 1. The van der Waals surface area contributed by atoms with E-state index in [0.29, 0.717) is 6.54 Å². The number of nitrogens with zero attached hydrogens (tertiary/aromatic N) is 3. The van der Waals surface area contributed by atoms with Crippen LogP contribution in [0.15, 0.2) is 42.7 Å². The Morgan fingerprint density at radius 1 is 1.43 bits per heavy atom. The van der Waals surface area contributed by atoms with Crippen LogP contribution in [0.25, 0.3) is 6.08 Å². The predicted octanol–water partition coefficient (Wildman–Crippen LogP) is 2.38. The van der Waals surface area contributed by atoms with Crippen molar-refractivity contribution < 1.29 is 4.79 Å². The average Bonchev–Trinajstić information content (AvgIpc) is 2.95. The van der Waals surface area contributed by atoms with Gasteiger partial charge in [-0.3, -0.25) is 9.48 Å². The Hall–Kier alpha value is -2.56. The summed E-state index contributed by atoms with van der Waals surface area (Å²) >= 11 is 0. The highest BCUT2D eigenvalue weighted by Gasteiger charge is 2.04. The van der Waals surface area contributed by atoms with Crippen LogP contribution in [0.2, 0.25) is 0 Å². The SMILES string of the molecule is CCN(CCNC(=O)C=Cc1cnn(C)c1)c1cccc(C)c1. The van der Waals surface area contributed by atoms with Crippen molar-refractivity contribution in [2.24, 2.45) is 7.05 Å². The first-order valence-corrected chi connectivity index (χ1v) is 7.84. The Morgan fingerprint density at radius 3 is 2.91 bits per heavy atom. The zero-order chi connectivity index (χ0) is 16.7. The molecular weight excluding hydrogens is 288 g/mol. The van der Waals surface area contributed by atoms with E-state index in [1.807, 2.05) is 13.2 Å². The number of carbonyl (C=O) groups is 1. The molecule has 5 heteroatoms. The number of aromatic nitrogens is 2. The fourth-order valence-electron chi connectivity index (χ4n) is 2.37. The first kappa shape index (κ1) is 16.8. The third kappa shape index (κ3) is 5.29. The van der Waals surface area contributed by atoms with Crippen molar-refractivity contribution in [1.82, 2.24) is 15.1 Å². The van der Waals surface area contributed by atoms with E-state index in [9.17, 15) is 4.79 Å². The van der Waals surface area contributed by atoms with E-state index in [0.717, 1.165) is 18.7 Å². The Kier molecular flexibility index (Phi) is 5.97. The van der Waals surface area contributed by atoms with Crippen molar-refractivity contribution in [2.45, 2.75) is 13.8 Å². The van der Waals surface area contributed by atoms with Crippen LogP contribution in [-0.2, 0) is 11.8 Å². The predicted molar refractivity (Wildman–Crippen MR) is 94.3 cm³/mol. The number of hydrogen-bond donors (Lipinski definition) is 1. The molecule has 0 saturated heterocycles. The summed E-state index contributed by atoms with van der Waals surface area (Å²) in [6, 6.07) is 8.40. The fraction of sp³-hybridized carbons (Fsp3) is 0.333. The molecule has 0 saturated carbocycles. The highest BCUT2D eigenvalue weighted by molar-refractivity contribution is 5.91. The Morgan fingerprint density at radius 2 is 2.26 bits per heavy atom. The van der Waals surface area contributed by atoms with E-state index in [2.05, 4.69) is 53.4 Å². The van der Waals surface area contributed by atoms with Gasteiger partial charge in [-0.15, -0.1) is 0 Å². The van der Waals surface area contributed by atoms with Gasteiger partial charge in [0.2, 0.25) is 5.91 Å². The first-order chi connectivity index (χ1) is 11.1. The van der Waals surface area contributed by atoms with E-state index in [1.165, 1.54) is 11.3 Å². The van der Waals surface area contributed by atoms with Gasteiger partial charge in [-0.2, -0.15) is 5.10 Å². The number of hydrogen-bond acceptors (Lipinski definition) is 3. The lowest BCUT2D eigenvalue weighted by atomic mass is 10.2. The van der Waals surface area contributed by atoms with Crippen molar-refractivity contribution in [3.8, 4) is 0 Å². The molecule has 122 valence electrons. The molecular formula is C18H24N4O. The molecule has 1 aromatic carbocycles. The summed E-state index contributed by atoms with van der Waals surface area (Å²) in [5.74, 6) is -0.0888. The van der Waals surface area contributed by atoms with Gasteiger partial charge in [0, 0.05) is 50.2 Å². The summed E-state index contributed by atoms with van der Waals surface area (Å²) in [7, 11) is 1.85. The van der Waals surface area contributed by atoms with Crippen molar-refractivity contribution in [1.29, 1.82) is 0 Å². The summed E-state index contributed by atoms with van der Waals surface area (Å²) in [4.78, 5) is 14.1. The van der Waals surface area contributed by atoms with Gasteiger partial charge in [0.25, 0.3) is 0 Å². The molecule has 0 aliphatic rings. The van der Waals surface area contributed by atoms with Crippen LogP contribution in [0.5, 0.6) is 0 Å². The van der Waals surface area contributed by atoms with E-state index < -0.39 is 0 Å². The van der Waals surface area contributed by atoms with Gasteiger partial charge in [0.05, 0.1) is 6.20 Å². The quantitative estimate of drug-likeness (QED) is 0.799. The standard InChI is InChI=1S/C18H24N4O/c1-4-22(17-7-5-6-15(2)12-17)11-10-19-18(23)9-8-16-13-20-21(3)14-16/h5-9,12-14H,4,10-11H2,1-3H3,(H,19,23). The normalized spacial score (nSPS) is 10.9. The Bertz CT molecular complexity index is 675. The molecule has 0 bridgehead atoms. The number of benzene rings is 1. The molecule has 23 heavy (non-hydrogen) atoms. The number of aryl methyl sites for hydroxylation is 2. The topological polar surface area (TPSA) is 50.2 Å². The molecule has 1 aromatic heterocycles. The van der Waals surface area contributed by atoms with Crippen molar-refractivity contribution >= 4 is 17.7 Å². The minimum absolute atomic E-state index is 0.0888. The van der Waals surface area contributed by atoms with Crippen LogP contribution < -0.4 is 10.2 Å². The zero-order valence-corrected chi connectivity index (χ0v) is 14.0. The van der Waals surface area contributed by atoms with Crippen molar-refractivity contribution in [3.05, 3.63) is 53.9 Å². The third-order valence-electron chi connectivity index (χ3n) is 3.58. The van der Waals surface area contributed by atoms with Gasteiger partial charge in [-0.1, -0.05) is 12.1 Å². The lowest BCUT2D eigenvalue weighted by Crippen LogP contribution is -2.34. The second-order valence-corrected chi connectivity index (χ2v) is 5.49. The van der Waals surface area contributed by atoms with Crippen LogP contribution in [0.1, 0.15) is 18.1 Å². The van der Waals surface area contributed by atoms with Crippen LogP contribution in [-0.4, -0.2) is 35.3 Å². The Balaban J connectivity index is 1.81. The van der Waals surface area contributed by atoms with Gasteiger partial charge in [-0.25, -0.2) is 0 Å². The number of anilines is 1. The molecule has 0 spiro atoms.